The van der Waals surface area contributed by atoms with E-state index >= 15 is 0 Å². The van der Waals surface area contributed by atoms with Crippen molar-refractivity contribution in [1.29, 1.82) is 0 Å². The average molecular weight is 414 g/mol. The molecular formula is C11H5Br2Cl2NO2. The highest BCUT2D eigenvalue weighted by Gasteiger charge is 2.17. The third-order valence-corrected chi connectivity index (χ3v) is 4.47. The van der Waals surface area contributed by atoms with Gasteiger partial charge in [0.25, 0.3) is 0 Å². The first-order valence-corrected chi connectivity index (χ1v) is 7.01. The lowest BCUT2D eigenvalue weighted by Crippen LogP contribution is -2.06. The van der Waals surface area contributed by atoms with Gasteiger partial charge in [-0.2, -0.15) is 0 Å². The summed E-state index contributed by atoms with van der Waals surface area (Å²) in [5.74, 6) is -1.05. The van der Waals surface area contributed by atoms with Crippen molar-refractivity contribution >= 4 is 61.0 Å². The largest absolute Gasteiger partial charge is 0.477 e. The van der Waals surface area contributed by atoms with Crippen LogP contribution in [0.4, 0.5) is 0 Å². The van der Waals surface area contributed by atoms with Crippen LogP contribution in [0.15, 0.2) is 33.3 Å². The summed E-state index contributed by atoms with van der Waals surface area (Å²) in [6.07, 6.45) is 1.62. The molecule has 0 saturated carbocycles. The number of nitrogens with zero attached hydrogens (tertiary/aromatic N) is 1. The van der Waals surface area contributed by atoms with Gasteiger partial charge in [-0.3, -0.25) is 0 Å². The van der Waals surface area contributed by atoms with Crippen molar-refractivity contribution in [1.82, 2.24) is 4.57 Å². The Labute approximate surface area is 130 Å². The van der Waals surface area contributed by atoms with Crippen LogP contribution in [0.1, 0.15) is 10.5 Å². The first kappa shape index (κ1) is 13.9. The van der Waals surface area contributed by atoms with E-state index in [2.05, 4.69) is 31.9 Å². The molecule has 2 aromatic rings. The van der Waals surface area contributed by atoms with Crippen molar-refractivity contribution in [2.75, 3.05) is 0 Å². The lowest BCUT2D eigenvalue weighted by atomic mass is 10.3. The van der Waals surface area contributed by atoms with Crippen LogP contribution >= 0.6 is 55.1 Å². The fourth-order valence-corrected chi connectivity index (χ4v) is 2.78. The summed E-state index contributed by atoms with van der Waals surface area (Å²) in [5, 5.41) is 9.76. The minimum Gasteiger partial charge on any atom is -0.477 e. The summed E-state index contributed by atoms with van der Waals surface area (Å²) in [4.78, 5) is 11.1. The molecule has 0 bridgehead atoms. The third kappa shape index (κ3) is 2.45. The van der Waals surface area contributed by atoms with E-state index in [1.165, 1.54) is 10.6 Å². The zero-order chi connectivity index (χ0) is 13.4. The molecule has 1 aromatic carbocycles. The van der Waals surface area contributed by atoms with E-state index in [1.54, 1.807) is 18.3 Å². The molecule has 0 fully saturated rings. The number of hydrogen-bond donors (Lipinski definition) is 1. The van der Waals surface area contributed by atoms with Gasteiger partial charge in [0.1, 0.15) is 5.69 Å². The molecule has 0 unspecified atom stereocenters. The van der Waals surface area contributed by atoms with Gasteiger partial charge >= 0.3 is 5.97 Å². The summed E-state index contributed by atoms with van der Waals surface area (Å²) in [6.45, 7) is 0. The van der Waals surface area contributed by atoms with Crippen molar-refractivity contribution in [3.05, 3.63) is 49.1 Å². The average Bonchev–Trinajstić information content (AvgIpc) is 2.68. The van der Waals surface area contributed by atoms with Gasteiger partial charge in [0.15, 0.2) is 0 Å². The first-order chi connectivity index (χ1) is 8.41. The van der Waals surface area contributed by atoms with Crippen LogP contribution in [0.3, 0.4) is 0 Å². The number of aromatic carboxylic acids is 1. The maximum absolute atomic E-state index is 11.1. The molecule has 18 heavy (non-hydrogen) atoms. The standard InChI is InChI=1S/C11H5Br2Cl2NO2/c12-5-3-8(11(17)18)16(4-5)7-2-1-6(13)9(14)10(7)15/h1-4H,(H,17,18). The van der Waals surface area contributed by atoms with Crippen LogP contribution in [0.25, 0.3) is 5.69 Å². The highest BCUT2D eigenvalue weighted by atomic mass is 79.9. The molecule has 0 atom stereocenters. The lowest BCUT2D eigenvalue weighted by molar-refractivity contribution is 0.0688. The summed E-state index contributed by atoms with van der Waals surface area (Å²) in [7, 11) is 0. The zero-order valence-electron chi connectivity index (χ0n) is 8.62. The molecule has 1 aromatic heterocycles. The van der Waals surface area contributed by atoms with Crippen LogP contribution < -0.4 is 0 Å². The second-order valence-electron chi connectivity index (χ2n) is 3.41. The van der Waals surface area contributed by atoms with E-state index in [9.17, 15) is 4.79 Å². The van der Waals surface area contributed by atoms with Crippen LogP contribution in [0.5, 0.6) is 0 Å². The second kappa shape index (κ2) is 5.25. The number of aromatic nitrogens is 1. The molecule has 0 radical (unpaired) electrons. The Morgan fingerprint density at radius 2 is 1.89 bits per heavy atom. The van der Waals surface area contributed by atoms with Crippen molar-refractivity contribution in [3.8, 4) is 5.69 Å². The van der Waals surface area contributed by atoms with Crippen LogP contribution in [0, 0.1) is 0 Å². The Balaban J connectivity index is 2.70. The molecular weight excluding hydrogens is 409 g/mol. The number of rotatable bonds is 2. The molecule has 3 nitrogen and oxygen atoms in total. The van der Waals surface area contributed by atoms with Gasteiger partial charge in [0.05, 0.1) is 15.7 Å². The summed E-state index contributed by atoms with van der Waals surface area (Å²) in [6, 6.07) is 4.90. The smallest absolute Gasteiger partial charge is 0.352 e. The fraction of sp³-hybridized carbons (Fsp3) is 0. The number of benzene rings is 1. The van der Waals surface area contributed by atoms with E-state index in [0.29, 0.717) is 19.7 Å². The molecule has 0 aliphatic heterocycles. The Bertz CT molecular complexity index is 640. The third-order valence-electron chi connectivity index (χ3n) is 2.28. The molecule has 0 amide bonds. The Hall–Kier alpha value is -0.490. The quantitative estimate of drug-likeness (QED) is 0.703. The molecule has 1 N–H and O–H groups in total. The SMILES string of the molecule is O=C(O)c1cc(Br)cn1-c1ccc(Br)c(Cl)c1Cl. The van der Waals surface area contributed by atoms with Crippen molar-refractivity contribution in [3.63, 3.8) is 0 Å². The van der Waals surface area contributed by atoms with Crippen LogP contribution in [-0.2, 0) is 0 Å². The minimum atomic E-state index is -1.05. The van der Waals surface area contributed by atoms with E-state index in [4.69, 9.17) is 28.3 Å². The molecule has 7 heteroatoms. The van der Waals surface area contributed by atoms with Gasteiger partial charge in [-0.05, 0) is 50.1 Å². The van der Waals surface area contributed by atoms with Gasteiger partial charge in [0, 0.05) is 15.1 Å². The van der Waals surface area contributed by atoms with Gasteiger partial charge < -0.3 is 9.67 Å². The molecule has 0 aliphatic carbocycles. The molecule has 0 spiro atoms. The Kier molecular flexibility index (Phi) is 4.06. The predicted octanol–water partition coefficient (Wildman–Crippen LogP) is 5.01. The molecule has 1 heterocycles. The van der Waals surface area contributed by atoms with Crippen molar-refractivity contribution in [2.24, 2.45) is 0 Å². The topological polar surface area (TPSA) is 42.2 Å². The molecule has 0 saturated heterocycles. The maximum Gasteiger partial charge on any atom is 0.352 e. The van der Waals surface area contributed by atoms with Crippen LogP contribution in [-0.4, -0.2) is 15.6 Å². The zero-order valence-corrected chi connectivity index (χ0v) is 13.3. The Morgan fingerprint density at radius 1 is 1.22 bits per heavy atom. The van der Waals surface area contributed by atoms with Crippen LogP contribution in [0.2, 0.25) is 10.0 Å². The Morgan fingerprint density at radius 3 is 2.50 bits per heavy atom. The number of hydrogen-bond acceptors (Lipinski definition) is 1. The minimum absolute atomic E-state index is 0.0992. The summed E-state index contributed by atoms with van der Waals surface area (Å²) < 4.78 is 2.77. The van der Waals surface area contributed by atoms with E-state index in [1.807, 2.05) is 0 Å². The first-order valence-electron chi connectivity index (χ1n) is 4.67. The molecule has 2 rings (SSSR count). The highest BCUT2D eigenvalue weighted by Crippen LogP contribution is 2.36. The number of carboxylic acid groups (broad SMARTS) is 1. The van der Waals surface area contributed by atoms with E-state index in [0.717, 1.165) is 0 Å². The number of carbonyl (C=O) groups is 1. The number of carboxylic acids is 1. The van der Waals surface area contributed by atoms with Gasteiger partial charge in [-0.1, -0.05) is 23.2 Å². The maximum atomic E-state index is 11.1. The fourth-order valence-electron chi connectivity index (χ4n) is 1.50. The summed E-state index contributed by atoms with van der Waals surface area (Å²) in [5.41, 5.74) is 0.607. The highest BCUT2D eigenvalue weighted by molar-refractivity contribution is 9.10. The monoisotopic (exact) mass is 411 g/mol. The second-order valence-corrected chi connectivity index (χ2v) is 5.94. The van der Waals surface area contributed by atoms with Crippen molar-refractivity contribution < 1.29 is 9.90 Å². The van der Waals surface area contributed by atoms with E-state index in [-0.39, 0.29) is 10.7 Å². The normalized spacial score (nSPS) is 10.7. The number of halogens is 4. The van der Waals surface area contributed by atoms with Gasteiger partial charge in [-0.15, -0.1) is 0 Å². The molecule has 94 valence electrons. The summed E-state index contributed by atoms with van der Waals surface area (Å²) >= 11 is 18.6. The predicted molar refractivity (Wildman–Crippen MR) is 78.1 cm³/mol. The van der Waals surface area contributed by atoms with Gasteiger partial charge in [-0.25, -0.2) is 4.79 Å². The van der Waals surface area contributed by atoms with E-state index < -0.39 is 5.97 Å². The lowest BCUT2D eigenvalue weighted by Gasteiger charge is -2.10. The molecule has 0 aliphatic rings. The van der Waals surface area contributed by atoms with Crippen molar-refractivity contribution in [2.45, 2.75) is 0 Å². The van der Waals surface area contributed by atoms with Gasteiger partial charge in [0.2, 0.25) is 0 Å².